The van der Waals surface area contributed by atoms with E-state index in [9.17, 15) is 0 Å². The maximum atomic E-state index is 8.77. The second kappa shape index (κ2) is 4.62. The van der Waals surface area contributed by atoms with Gasteiger partial charge in [0.2, 0.25) is 0 Å². The molecule has 0 aromatic rings. The van der Waals surface area contributed by atoms with E-state index in [1.807, 2.05) is 13.8 Å². The molecule has 0 aromatic heterocycles. The molecule has 74 valence electrons. The van der Waals surface area contributed by atoms with Crippen LogP contribution in [-0.2, 0) is 0 Å². The Balaban J connectivity index is 2.10. The fourth-order valence-electron chi connectivity index (χ4n) is 1.93. The molecule has 0 heterocycles. The van der Waals surface area contributed by atoms with E-state index < -0.39 is 0 Å². The van der Waals surface area contributed by atoms with Crippen LogP contribution in [0.3, 0.4) is 0 Å². The highest BCUT2D eigenvalue weighted by Gasteiger charge is 2.18. The van der Waals surface area contributed by atoms with E-state index in [4.69, 9.17) is 5.26 Å². The standard InChI is InChI=1S/C11H20N2/c1-11(2,9-12)13-8-7-10-5-3-4-6-10/h10,13H,3-8H2,1-2H3. The highest BCUT2D eigenvalue weighted by atomic mass is 14.9. The molecule has 2 nitrogen and oxygen atoms in total. The number of rotatable bonds is 4. The Morgan fingerprint density at radius 3 is 2.54 bits per heavy atom. The lowest BCUT2D eigenvalue weighted by molar-refractivity contribution is 0.422. The van der Waals surface area contributed by atoms with Gasteiger partial charge in [-0.3, -0.25) is 5.32 Å². The van der Waals surface area contributed by atoms with Gasteiger partial charge in [-0.1, -0.05) is 25.7 Å². The third-order valence-corrected chi connectivity index (χ3v) is 2.87. The van der Waals surface area contributed by atoms with Crippen molar-refractivity contribution in [3.63, 3.8) is 0 Å². The topological polar surface area (TPSA) is 35.8 Å². The van der Waals surface area contributed by atoms with Crippen molar-refractivity contribution in [3.05, 3.63) is 0 Å². The zero-order valence-corrected chi connectivity index (χ0v) is 8.77. The molecule has 0 aromatic carbocycles. The zero-order chi connectivity index (χ0) is 9.73. The van der Waals surface area contributed by atoms with Crippen LogP contribution in [0.5, 0.6) is 0 Å². The first-order valence-electron chi connectivity index (χ1n) is 5.30. The number of nitrogens with zero attached hydrogens (tertiary/aromatic N) is 1. The van der Waals surface area contributed by atoms with E-state index in [0.29, 0.717) is 0 Å². The van der Waals surface area contributed by atoms with Gasteiger partial charge in [0.05, 0.1) is 6.07 Å². The Morgan fingerprint density at radius 1 is 1.38 bits per heavy atom. The number of hydrogen-bond donors (Lipinski definition) is 1. The van der Waals surface area contributed by atoms with Crippen molar-refractivity contribution in [1.82, 2.24) is 5.32 Å². The van der Waals surface area contributed by atoms with Crippen molar-refractivity contribution in [2.24, 2.45) is 5.92 Å². The monoisotopic (exact) mass is 180 g/mol. The second-order valence-electron chi connectivity index (χ2n) is 4.60. The summed E-state index contributed by atoms with van der Waals surface area (Å²) >= 11 is 0. The van der Waals surface area contributed by atoms with Crippen LogP contribution in [0.1, 0.15) is 46.0 Å². The number of nitrogens with one attached hydrogen (secondary N) is 1. The molecule has 1 rings (SSSR count). The lowest BCUT2D eigenvalue weighted by atomic mass is 10.0. The normalized spacial score (nSPS) is 18.8. The van der Waals surface area contributed by atoms with Crippen molar-refractivity contribution in [2.45, 2.75) is 51.5 Å². The predicted molar refractivity (Wildman–Crippen MR) is 54.3 cm³/mol. The summed E-state index contributed by atoms with van der Waals surface area (Å²) in [6.45, 7) is 4.86. The fourth-order valence-corrected chi connectivity index (χ4v) is 1.93. The molecule has 1 fully saturated rings. The minimum absolute atomic E-state index is 0.349. The molecule has 0 saturated heterocycles. The average Bonchev–Trinajstić information content (AvgIpc) is 2.57. The predicted octanol–water partition coefficient (Wildman–Crippen LogP) is 2.46. The Hall–Kier alpha value is -0.550. The molecule has 0 bridgehead atoms. The molecule has 0 radical (unpaired) electrons. The largest absolute Gasteiger partial charge is 0.300 e. The quantitative estimate of drug-likeness (QED) is 0.721. The maximum absolute atomic E-state index is 8.77. The van der Waals surface area contributed by atoms with E-state index in [1.165, 1.54) is 32.1 Å². The van der Waals surface area contributed by atoms with Crippen molar-refractivity contribution >= 4 is 0 Å². The van der Waals surface area contributed by atoms with Crippen molar-refractivity contribution in [2.75, 3.05) is 6.54 Å². The molecular weight excluding hydrogens is 160 g/mol. The highest BCUT2D eigenvalue weighted by Crippen LogP contribution is 2.27. The highest BCUT2D eigenvalue weighted by molar-refractivity contribution is 4.99. The molecule has 0 atom stereocenters. The van der Waals surface area contributed by atoms with Crippen LogP contribution in [0, 0.1) is 17.2 Å². The summed E-state index contributed by atoms with van der Waals surface area (Å²) in [5, 5.41) is 12.0. The van der Waals surface area contributed by atoms with Crippen molar-refractivity contribution in [3.8, 4) is 6.07 Å². The van der Waals surface area contributed by atoms with Gasteiger partial charge >= 0.3 is 0 Å². The molecular formula is C11H20N2. The third kappa shape index (κ3) is 3.78. The van der Waals surface area contributed by atoms with Crippen LogP contribution < -0.4 is 5.32 Å². The molecule has 0 aliphatic heterocycles. The van der Waals surface area contributed by atoms with E-state index in [2.05, 4.69) is 11.4 Å². The molecule has 1 aliphatic carbocycles. The fraction of sp³-hybridized carbons (Fsp3) is 0.909. The van der Waals surface area contributed by atoms with Crippen LogP contribution in [0.2, 0.25) is 0 Å². The summed E-state index contributed by atoms with van der Waals surface area (Å²) in [5.41, 5.74) is -0.349. The van der Waals surface area contributed by atoms with Crippen molar-refractivity contribution in [1.29, 1.82) is 5.26 Å². The minimum atomic E-state index is -0.349. The molecule has 13 heavy (non-hydrogen) atoms. The van der Waals surface area contributed by atoms with Gasteiger partial charge in [-0.15, -0.1) is 0 Å². The minimum Gasteiger partial charge on any atom is -0.300 e. The summed E-state index contributed by atoms with van der Waals surface area (Å²) in [4.78, 5) is 0. The van der Waals surface area contributed by atoms with Crippen molar-refractivity contribution < 1.29 is 0 Å². The smallest absolute Gasteiger partial charge is 0.101 e. The van der Waals surface area contributed by atoms with Gasteiger partial charge in [0, 0.05) is 0 Å². The van der Waals surface area contributed by atoms with Crippen LogP contribution in [0.15, 0.2) is 0 Å². The summed E-state index contributed by atoms with van der Waals surface area (Å²) in [6.07, 6.45) is 6.85. The van der Waals surface area contributed by atoms with Gasteiger partial charge in [0.15, 0.2) is 0 Å². The molecule has 1 saturated carbocycles. The van der Waals surface area contributed by atoms with Crippen LogP contribution >= 0.6 is 0 Å². The van der Waals surface area contributed by atoms with Crippen LogP contribution in [0.4, 0.5) is 0 Å². The summed E-state index contributed by atoms with van der Waals surface area (Å²) in [5.74, 6) is 0.919. The molecule has 1 aliphatic rings. The van der Waals surface area contributed by atoms with Gasteiger partial charge in [0.25, 0.3) is 0 Å². The Kier molecular flexibility index (Phi) is 3.74. The van der Waals surface area contributed by atoms with E-state index in [1.54, 1.807) is 0 Å². The summed E-state index contributed by atoms with van der Waals surface area (Å²) in [6, 6.07) is 2.26. The van der Waals surface area contributed by atoms with Gasteiger partial charge in [0.1, 0.15) is 5.54 Å². The SMILES string of the molecule is CC(C)(C#N)NCCC1CCCC1. The summed E-state index contributed by atoms with van der Waals surface area (Å²) < 4.78 is 0. The van der Waals surface area contributed by atoms with Gasteiger partial charge in [-0.2, -0.15) is 5.26 Å². The van der Waals surface area contributed by atoms with E-state index in [0.717, 1.165) is 12.5 Å². The molecule has 2 heteroatoms. The average molecular weight is 180 g/mol. The molecule has 0 spiro atoms. The number of hydrogen-bond acceptors (Lipinski definition) is 2. The Morgan fingerprint density at radius 2 is 2.00 bits per heavy atom. The van der Waals surface area contributed by atoms with E-state index >= 15 is 0 Å². The molecule has 0 unspecified atom stereocenters. The molecule has 1 N–H and O–H groups in total. The second-order valence-corrected chi connectivity index (χ2v) is 4.60. The third-order valence-electron chi connectivity index (χ3n) is 2.87. The lowest BCUT2D eigenvalue weighted by Gasteiger charge is -2.18. The van der Waals surface area contributed by atoms with Gasteiger partial charge in [-0.25, -0.2) is 0 Å². The summed E-state index contributed by atoms with van der Waals surface area (Å²) in [7, 11) is 0. The van der Waals surface area contributed by atoms with Crippen LogP contribution in [-0.4, -0.2) is 12.1 Å². The van der Waals surface area contributed by atoms with E-state index in [-0.39, 0.29) is 5.54 Å². The maximum Gasteiger partial charge on any atom is 0.101 e. The van der Waals surface area contributed by atoms with Gasteiger partial charge in [-0.05, 0) is 32.7 Å². The van der Waals surface area contributed by atoms with Gasteiger partial charge < -0.3 is 0 Å². The first kappa shape index (κ1) is 10.5. The zero-order valence-electron chi connectivity index (χ0n) is 8.77. The molecule has 0 amide bonds. The Labute approximate surface area is 81.3 Å². The Bertz CT molecular complexity index is 185. The first-order chi connectivity index (χ1) is 6.14. The number of nitriles is 1. The first-order valence-corrected chi connectivity index (χ1v) is 5.30. The van der Waals surface area contributed by atoms with Crippen LogP contribution in [0.25, 0.3) is 0 Å². The lowest BCUT2D eigenvalue weighted by Crippen LogP contribution is -2.38.